The Morgan fingerprint density at radius 3 is 2.92 bits per heavy atom. The standard InChI is InChI=1S/C20H19N5O/c1-13(21-10-14-4-3-5-17(8-14)26-2)20-18-7-6-15(9-19(18)24-25-20)16-11-22-23-12-16/h3-9,11-12,21H,1,10H2,2H3,(H,22,23)(H,24,25). The highest BCUT2D eigenvalue weighted by Gasteiger charge is 2.10. The highest BCUT2D eigenvalue weighted by Crippen LogP contribution is 2.26. The number of fused-ring (bicyclic) bond motifs is 1. The monoisotopic (exact) mass is 345 g/mol. The quantitative estimate of drug-likeness (QED) is 0.498. The molecule has 3 N–H and O–H groups in total. The summed E-state index contributed by atoms with van der Waals surface area (Å²) in [6, 6.07) is 14.1. The minimum atomic E-state index is 0.650. The highest BCUT2D eigenvalue weighted by atomic mass is 16.5. The third kappa shape index (κ3) is 3.04. The van der Waals surface area contributed by atoms with Crippen molar-refractivity contribution in [2.24, 2.45) is 0 Å². The fraction of sp³-hybridized carbons (Fsp3) is 0.100. The SMILES string of the molecule is C=C(NCc1cccc(OC)c1)c1n[nH]c2cc(-c3cn[nH]c3)ccc12. The van der Waals surface area contributed by atoms with Crippen molar-refractivity contribution in [2.45, 2.75) is 6.54 Å². The zero-order valence-electron chi connectivity index (χ0n) is 14.4. The number of nitrogens with zero attached hydrogens (tertiary/aromatic N) is 2. The molecule has 0 fully saturated rings. The van der Waals surface area contributed by atoms with Crippen LogP contribution in [-0.4, -0.2) is 27.5 Å². The van der Waals surface area contributed by atoms with Crippen LogP contribution in [0.5, 0.6) is 5.75 Å². The van der Waals surface area contributed by atoms with Crippen LogP contribution in [0.1, 0.15) is 11.3 Å². The molecule has 4 aromatic rings. The number of H-pyrrole nitrogens is 2. The van der Waals surface area contributed by atoms with Crippen molar-refractivity contribution in [1.82, 2.24) is 25.7 Å². The second kappa shape index (κ2) is 6.76. The first-order valence-electron chi connectivity index (χ1n) is 8.28. The second-order valence-electron chi connectivity index (χ2n) is 6.00. The molecule has 0 aliphatic rings. The van der Waals surface area contributed by atoms with E-state index in [4.69, 9.17) is 4.74 Å². The van der Waals surface area contributed by atoms with Gasteiger partial charge in [-0.05, 0) is 35.4 Å². The average molecular weight is 345 g/mol. The van der Waals surface area contributed by atoms with Gasteiger partial charge >= 0.3 is 0 Å². The van der Waals surface area contributed by atoms with Crippen molar-refractivity contribution in [1.29, 1.82) is 0 Å². The molecule has 0 amide bonds. The third-order valence-corrected chi connectivity index (χ3v) is 4.32. The summed E-state index contributed by atoms with van der Waals surface area (Å²) in [5, 5.41) is 18.7. The van der Waals surface area contributed by atoms with Crippen LogP contribution in [0, 0.1) is 0 Å². The van der Waals surface area contributed by atoms with Crippen molar-refractivity contribution in [3.63, 3.8) is 0 Å². The highest BCUT2D eigenvalue weighted by molar-refractivity contribution is 5.92. The number of aromatic nitrogens is 4. The van der Waals surface area contributed by atoms with E-state index in [1.807, 2.05) is 30.5 Å². The first kappa shape index (κ1) is 16.0. The molecule has 4 rings (SSSR count). The molecule has 6 heteroatoms. The topological polar surface area (TPSA) is 78.6 Å². The van der Waals surface area contributed by atoms with Gasteiger partial charge in [-0.3, -0.25) is 10.2 Å². The molecule has 0 bridgehead atoms. The maximum Gasteiger partial charge on any atom is 0.119 e. The molecule has 0 aliphatic heterocycles. The Bertz CT molecular complexity index is 1050. The number of methoxy groups -OCH3 is 1. The Morgan fingerprint density at radius 1 is 1.19 bits per heavy atom. The first-order chi connectivity index (χ1) is 12.7. The van der Waals surface area contributed by atoms with Gasteiger partial charge in [0.1, 0.15) is 11.4 Å². The number of rotatable bonds is 6. The van der Waals surface area contributed by atoms with Crippen molar-refractivity contribution in [2.75, 3.05) is 7.11 Å². The Kier molecular flexibility index (Phi) is 4.15. The van der Waals surface area contributed by atoms with Crippen LogP contribution >= 0.6 is 0 Å². The Labute approximate surface area is 150 Å². The van der Waals surface area contributed by atoms with Gasteiger partial charge in [-0.2, -0.15) is 10.2 Å². The lowest BCUT2D eigenvalue weighted by Crippen LogP contribution is -2.11. The molecule has 0 atom stereocenters. The van der Waals surface area contributed by atoms with E-state index in [-0.39, 0.29) is 0 Å². The summed E-state index contributed by atoms with van der Waals surface area (Å²) in [4.78, 5) is 0. The van der Waals surface area contributed by atoms with Gasteiger partial charge in [-0.25, -0.2) is 0 Å². The fourth-order valence-electron chi connectivity index (χ4n) is 2.91. The molecule has 26 heavy (non-hydrogen) atoms. The molecule has 2 aromatic heterocycles. The van der Waals surface area contributed by atoms with E-state index in [0.29, 0.717) is 6.54 Å². The maximum atomic E-state index is 5.26. The normalized spacial score (nSPS) is 10.8. The van der Waals surface area contributed by atoms with Crippen LogP contribution in [0.15, 0.2) is 61.4 Å². The van der Waals surface area contributed by atoms with E-state index in [9.17, 15) is 0 Å². The summed E-state index contributed by atoms with van der Waals surface area (Å²) in [5.74, 6) is 0.840. The second-order valence-corrected chi connectivity index (χ2v) is 6.00. The van der Waals surface area contributed by atoms with E-state index in [2.05, 4.69) is 50.5 Å². The van der Waals surface area contributed by atoms with Gasteiger partial charge in [0.25, 0.3) is 0 Å². The third-order valence-electron chi connectivity index (χ3n) is 4.32. The molecule has 2 aromatic carbocycles. The van der Waals surface area contributed by atoms with Gasteiger partial charge in [0, 0.05) is 23.7 Å². The molecule has 0 unspecified atom stereocenters. The Morgan fingerprint density at radius 2 is 2.12 bits per heavy atom. The Balaban J connectivity index is 1.53. The molecule has 130 valence electrons. The van der Waals surface area contributed by atoms with Gasteiger partial charge in [-0.1, -0.05) is 24.8 Å². The molecular formula is C20H19N5O. The fourth-order valence-corrected chi connectivity index (χ4v) is 2.91. The zero-order valence-corrected chi connectivity index (χ0v) is 14.4. The van der Waals surface area contributed by atoms with E-state index in [0.717, 1.165) is 44.7 Å². The van der Waals surface area contributed by atoms with Crippen LogP contribution in [0.3, 0.4) is 0 Å². The zero-order chi connectivity index (χ0) is 17.9. The van der Waals surface area contributed by atoms with E-state index >= 15 is 0 Å². The summed E-state index contributed by atoms with van der Waals surface area (Å²) in [7, 11) is 1.67. The lowest BCUT2D eigenvalue weighted by molar-refractivity contribution is 0.414. The minimum absolute atomic E-state index is 0.650. The van der Waals surface area contributed by atoms with E-state index in [1.54, 1.807) is 13.3 Å². The smallest absolute Gasteiger partial charge is 0.119 e. The number of hydrogen-bond acceptors (Lipinski definition) is 4. The van der Waals surface area contributed by atoms with E-state index < -0.39 is 0 Å². The van der Waals surface area contributed by atoms with Crippen LogP contribution in [-0.2, 0) is 6.54 Å². The van der Waals surface area contributed by atoms with Crippen molar-refractivity contribution in [3.05, 3.63) is 72.7 Å². The Hall–Kier alpha value is -3.54. The summed E-state index contributed by atoms with van der Waals surface area (Å²) in [5.41, 5.74) is 5.79. The summed E-state index contributed by atoms with van der Waals surface area (Å²) in [6.45, 7) is 4.79. The molecule has 0 saturated carbocycles. The van der Waals surface area contributed by atoms with Gasteiger partial charge in [-0.15, -0.1) is 0 Å². The molecule has 0 spiro atoms. The largest absolute Gasteiger partial charge is 0.497 e. The number of hydrogen-bond donors (Lipinski definition) is 3. The summed E-state index contributed by atoms with van der Waals surface area (Å²) < 4.78 is 5.26. The molecule has 0 aliphatic carbocycles. The van der Waals surface area contributed by atoms with Crippen molar-refractivity contribution in [3.8, 4) is 16.9 Å². The van der Waals surface area contributed by atoms with Gasteiger partial charge in [0.05, 0.1) is 24.5 Å². The molecule has 2 heterocycles. The van der Waals surface area contributed by atoms with Crippen LogP contribution in [0.2, 0.25) is 0 Å². The number of benzene rings is 2. The maximum absolute atomic E-state index is 5.26. The minimum Gasteiger partial charge on any atom is -0.497 e. The molecule has 6 nitrogen and oxygen atoms in total. The molecular weight excluding hydrogens is 326 g/mol. The first-order valence-corrected chi connectivity index (χ1v) is 8.28. The predicted molar refractivity (Wildman–Crippen MR) is 103 cm³/mol. The van der Waals surface area contributed by atoms with Crippen LogP contribution in [0.4, 0.5) is 0 Å². The van der Waals surface area contributed by atoms with Crippen LogP contribution in [0.25, 0.3) is 27.7 Å². The summed E-state index contributed by atoms with van der Waals surface area (Å²) in [6.07, 6.45) is 3.67. The van der Waals surface area contributed by atoms with Crippen molar-refractivity contribution < 1.29 is 4.74 Å². The molecule has 0 saturated heterocycles. The van der Waals surface area contributed by atoms with Gasteiger partial charge < -0.3 is 10.1 Å². The lowest BCUT2D eigenvalue weighted by Gasteiger charge is -2.09. The number of aromatic amines is 2. The van der Waals surface area contributed by atoms with Gasteiger partial charge in [0.2, 0.25) is 0 Å². The van der Waals surface area contributed by atoms with Crippen molar-refractivity contribution >= 4 is 16.6 Å². The predicted octanol–water partition coefficient (Wildman–Crippen LogP) is 3.72. The lowest BCUT2D eigenvalue weighted by atomic mass is 10.1. The van der Waals surface area contributed by atoms with Gasteiger partial charge in [0.15, 0.2) is 0 Å². The number of ether oxygens (including phenoxy) is 1. The summed E-state index contributed by atoms with van der Waals surface area (Å²) >= 11 is 0. The van der Waals surface area contributed by atoms with Crippen LogP contribution < -0.4 is 10.1 Å². The average Bonchev–Trinajstić information content (AvgIpc) is 3.35. The number of nitrogens with one attached hydrogen (secondary N) is 3. The van der Waals surface area contributed by atoms with E-state index in [1.165, 1.54) is 0 Å². The molecule has 0 radical (unpaired) electrons.